The summed E-state index contributed by atoms with van der Waals surface area (Å²) in [5.74, 6) is 0. The fourth-order valence-electron chi connectivity index (χ4n) is 3.97. The Morgan fingerprint density at radius 2 is 0.400 bits per heavy atom. The molecule has 0 aliphatic heterocycles. The molecule has 0 unspecified atom stereocenters. The first-order chi connectivity index (χ1) is 22.9. The Bertz CT molecular complexity index is 603. The molecule has 0 fully saturated rings. The third kappa shape index (κ3) is 47.4. The van der Waals surface area contributed by atoms with Gasteiger partial charge in [0.15, 0.2) is 0 Å². The van der Waals surface area contributed by atoms with E-state index in [1.807, 2.05) is 0 Å². The number of nitrogens with zero attached hydrogens (tertiary/aromatic N) is 4. The van der Waals surface area contributed by atoms with Crippen LogP contribution < -0.4 is 0 Å². The molecule has 0 radical (unpaired) electrons. The zero-order chi connectivity index (χ0) is 37.6. The summed E-state index contributed by atoms with van der Waals surface area (Å²) in [7, 11) is 0. The number of unbranched alkanes of at least 4 members (excludes halogenated alkanes) is 8. The van der Waals surface area contributed by atoms with Crippen LogP contribution in [0.5, 0.6) is 0 Å². The van der Waals surface area contributed by atoms with Crippen LogP contribution in [0.25, 0.3) is 0 Å². The topological polar surface area (TPSA) is 13.0 Å². The maximum absolute atomic E-state index is 4.98. The van der Waals surface area contributed by atoms with Gasteiger partial charge in [-0.1, -0.05) is 124 Å². The molecule has 0 aliphatic carbocycles. The number of hydrogen-bond donors (Lipinski definition) is 0. The summed E-state index contributed by atoms with van der Waals surface area (Å²) in [5.41, 5.74) is 0. The molecule has 0 spiro atoms. The zero-order valence-electron chi connectivity index (χ0n) is 32.7. The molecule has 0 rings (SSSR count). The second-order valence-corrected chi connectivity index (χ2v) is 16.0. The van der Waals surface area contributed by atoms with Crippen molar-refractivity contribution in [1.29, 1.82) is 0 Å². The predicted octanol–water partition coefficient (Wildman–Crippen LogP) is 10.9. The summed E-state index contributed by atoms with van der Waals surface area (Å²) in [6.07, 6.45) is 19.2. The summed E-state index contributed by atoms with van der Waals surface area (Å²) < 4.78 is 2.54. The fraction of sp³-hybridized carbons (Fsp3) is 0.889. The van der Waals surface area contributed by atoms with Gasteiger partial charge in [0.05, 0.1) is 0 Å². The van der Waals surface area contributed by atoms with Gasteiger partial charge < -0.3 is 119 Å². The third-order valence-electron chi connectivity index (χ3n) is 7.29. The first-order valence-corrected chi connectivity index (χ1v) is 22.0. The van der Waals surface area contributed by atoms with Crippen molar-refractivity contribution in [3.8, 4) is 0 Å². The monoisotopic (exact) mass is 932 g/mol. The van der Waals surface area contributed by atoms with Crippen molar-refractivity contribution in [2.24, 2.45) is 0 Å². The van der Waals surface area contributed by atoms with Crippen LogP contribution in [0.1, 0.15) is 158 Å². The maximum atomic E-state index is 4.98. The van der Waals surface area contributed by atoms with Crippen molar-refractivity contribution >= 4 is 117 Å². The molecule has 0 atom stereocenters. The van der Waals surface area contributed by atoms with E-state index in [0.29, 0.717) is 17.3 Å². The van der Waals surface area contributed by atoms with Crippen molar-refractivity contribution in [3.05, 3.63) is 0 Å². The molecule has 0 saturated heterocycles. The Morgan fingerprint density at radius 3 is 0.460 bits per heavy atom. The van der Waals surface area contributed by atoms with Crippen LogP contribution >= 0.6 is 48.9 Å². The van der Waals surface area contributed by atoms with Crippen molar-refractivity contribution in [3.63, 3.8) is 0 Å². The van der Waals surface area contributed by atoms with E-state index in [-0.39, 0.29) is 33.0 Å². The van der Waals surface area contributed by atoms with Gasteiger partial charge in [-0.05, 0) is 51.4 Å². The number of hydrogen-bond acceptors (Lipinski definition) is 8. The summed E-state index contributed by atoms with van der Waals surface area (Å²) in [5, 5.41) is 0. The van der Waals surface area contributed by atoms with Crippen LogP contribution in [0.3, 0.4) is 0 Å². The van der Waals surface area contributed by atoms with Crippen LogP contribution in [0.2, 0.25) is 0 Å². The molecule has 304 valence electrons. The van der Waals surface area contributed by atoms with Gasteiger partial charge >= 0.3 is 33.0 Å². The van der Waals surface area contributed by atoms with Crippen LogP contribution in [0, 0.1) is 0 Å². The van der Waals surface area contributed by atoms with E-state index in [4.69, 9.17) is 99.4 Å². The fourth-order valence-corrected chi connectivity index (χ4v) is 5.43. The molecule has 50 heavy (non-hydrogen) atoms. The molecule has 0 aliphatic rings. The largest absolute Gasteiger partial charge is 2.00 e. The predicted molar refractivity (Wildman–Crippen MR) is 245 cm³/mol. The van der Waals surface area contributed by atoms with Crippen molar-refractivity contribution in [1.82, 2.24) is 19.6 Å². The first-order valence-electron chi connectivity index (χ1n) is 18.7. The summed E-state index contributed by atoms with van der Waals surface area (Å²) in [6, 6.07) is 0. The molecule has 0 aromatic heterocycles. The van der Waals surface area contributed by atoms with E-state index in [1.165, 1.54) is 103 Å². The minimum Gasteiger partial charge on any atom is -0.411 e. The second-order valence-electron chi connectivity index (χ2n) is 11.8. The summed E-state index contributed by atoms with van der Waals surface area (Å²) >= 11 is 39.9. The Labute approximate surface area is 376 Å². The Kier molecular flexibility index (Phi) is 63.9. The van der Waals surface area contributed by atoms with Gasteiger partial charge in [-0.2, -0.15) is 0 Å². The third-order valence-corrected chi connectivity index (χ3v) is 9.35. The van der Waals surface area contributed by atoms with Crippen LogP contribution in [-0.4, -0.2) is 89.2 Å². The molecule has 0 amide bonds. The molecule has 0 N–H and O–H groups in total. The zero-order valence-corrected chi connectivity index (χ0v) is 41.2. The molecule has 4 nitrogen and oxygen atoms in total. The molecular formula is C36H72N4Ni2S8. The smallest absolute Gasteiger partial charge is 0.411 e. The number of rotatable bonds is 24. The molecule has 14 heteroatoms. The second kappa shape index (κ2) is 50.4. The number of thiocarbonyl (C=S) groups is 4. The average Bonchev–Trinajstić information content (AvgIpc) is 3.05. The molecule has 0 aromatic carbocycles. The van der Waals surface area contributed by atoms with E-state index in [0.717, 1.165) is 52.4 Å². The van der Waals surface area contributed by atoms with Crippen molar-refractivity contribution in [2.75, 3.05) is 52.4 Å². The van der Waals surface area contributed by atoms with Crippen molar-refractivity contribution < 1.29 is 33.0 Å². The van der Waals surface area contributed by atoms with E-state index in [1.54, 1.807) is 0 Å². The van der Waals surface area contributed by atoms with Gasteiger partial charge in [0.1, 0.15) is 0 Å². The standard InChI is InChI=1S/4C9H19NS2.2Ni/c4*1-3-5-7-10(9(11)12)8-6-4-2;;/h4*3-8H2,1-2H3,(H,11,12);;/q;;;;2*+2/p-4. The van der Waals surface area contributed by atoms with Gasteiger partial charge in [0.25, 0.3) is 0 Å². The van der Waals surface area contributed by atoms with Crippen LogP contribution in [0.4, 0.5) is 0 Å². The van der Waals surface area contributed by atoms with Crippen LogP contribution in [0.15, 0.2) is 0 Å². The minimum atomic E-state index is 0. The molecule has 0 heterocycles. The molecule has 0 saturated carbocycles. The summed E-state index contributed by atoms with van der Waals surface area (Å²) in [6.45, 7) is 25.8. The van der Waals surface area contributed by atoms with Gasteiger partial charge in [-0.25, -0.2) is 0 Å². The van der Waals surface area contributed by atoms with Gasteiger partial charge in [0.2, 0.25) is 0 Å². The van der Waals surface area contributed by atoms with Gasteiger partial charge in [-0.3, -0.25) is 0 Å². The Hall–Kier alpha value is 1.43. The summed E-state index contributed by atoms with van der Waals surface area (Å²) in [4.78, 5) is 8.55. The molecule has 0 bridgehead atoms. The Balaban J connectivity index is -0.000000127. The molecular weight excluding hydrogens is 862 g/mol. The first kappa shape index (κ1) is 63.4. The van der Waals surface area contributed by atoms with E-state index < -0.39 is 0 Å². The quantitative estimate of drug-likeness (QED) is 0.0520. The normalized spacial score (nSPS) is 9.44. The Morgan fingerprint density at radius 1 is 0.300 bits per heavy atom. The van der Waals surface area contributed by atoms with Gasteiger partial charge in [-0.15, -0.1) is 0 Å². The SMILES string of the molecule is CCCCN(CCCC)C(=S)[S-].CCCCN(CCCC)C(=S)[S-].CCCCN(CCCC)C(=S)[S-].CCCCN(CCCC)C(=S)[S-].[Ni+2].[Ni+2]. The van der Waals surface area contributed by atoms with E-state index >= 15 is 0 Å². The minimum absolute atomic E-state index is 0. The van der Waals surface area contributed by atoms with Gasteiger partial charge in [0, 0.05) is 52.4 Å². The maximum Gasteiger partial charge on any atom is 2.00 e. The average molecular weight is 935 g/mol. The van der Waals surface area contributed by atoms with E-state index in [2.05, 4.69) is 75.0 Å². The van der Waals surface area contributed by atoms with E-state index in [9.17, 15) is 0 Å². The molecule has 0 aromatic rings. The van der Waals surface area contributed by atoms with Crippen molar-refractivity contribution in [2.45, 2.75) is 158 Å². The van der Waals surface area contributed by atoms with Crippen LogP contribution in [-0.2, 0) is 83.5 Å².